The van der Waals surface area contributed by atoms with Crippen LogP contribution in [0.25, 0.3) is 0 Å². The minimum atomic E-state index is -4.37. The van der Waals surface area contributed by atoms with Gasteiger partial charge in [-0.3, -0.25) is 4.79 Å². The highest BCUT2D eigenvalue weighted by atomic mass is 19.4. The summed E-state index contributed by atoms with van der Waals surface area (Å²) in [4.78, 5) is 13.7. The number of alkyl halides is 3. The lowest BCUT2D eigenvalue weighted by molar-refractivity contribution is -0.127. The first-order valence-electron chi connectivity index (χ1n) is 8.72. The van der Waals surface area contributed by atoms with Gasteiger partial charge in [0.25, 0.3) is 0 Å². The number of primary amides is 1. The molecule has 3 rings (SSSR count). The van der Waals surface area contributed by atoms with Crippen molar-refractivity contribution in [2.45, 2.75) is 56.8 Å². The second-order valence-electron chi connectivity index (χ2n) is 6.94. The molecule has 1 amide bonds. The Hall–Kier alpha value is -1.76. The number of piperidine rings is 1. The molecular formula is C18H23F3N2O2. The fraction of sp³-hybridized carbons (Fsp3) is 0.611. The summed E-state index contributed by atoms with van der Waals surface area (Å²) < 4.78 is 44.2. The summed E-state index contributed by atoms with van der Waals surface area (Å²) in [6.07, 6.45) is -0.199. The van der Waals surface area contributed by atoms with Crippen LogP contribution in [0, 0.1) is 0 Å². The molecule has 1 saturated heterocycles. The second-order valence-corrected chi connectivity index (χ2v) is 6.94. The zero-order valence-electron chi connectivity index (χ0n) is 14.0. The lowest BCUT2D eigenvalue weighted by Gasteiger charge is -2.44. The van der Waals surface area contributed by atoms with E-state index in [0.29, 0.717) is 6.04 Å². The largest absolute Gasteiger partial charge is 0.490 e. The van der Waals surface area contributed by atoms with Gasteiger partial charge >= 0.3 is 6.18 Å². The maximum absolute atomic E-state index is 12.8. The van der Waals surface area contributed by atoms with Crippen LogP contribution in [0.4, 0.5) is 13.2 Å². The molecule has 0 radical (unpaired) electrons. The molecule has 4 nitrogen and oxygen atoms in total. The van der Waals surface area contributed by atoms with Gasteiger partial charge in [0.2, 0.25) is 5.91 Å². The van der Waals surface area contributed by atoms with E-state index >= 15 is 0 Å². The third-order valence-electron chi connectivity index (χ3n) is 5.01. The highest BCUT2D eigenvalue weighted by molar-refractivity contribution is 5.93. The fourth-order valence-electron chi connectivity index (χ4n) is 3.60. The molecule has 1 aliphatic heterocycles. The van der Waals surface area contributed by atoms with Gasteiger partial charge in [0.15, 0.2) is 0 Å². The van der Waals surface area contributed by atoms with E-state index in [9.17, 15) is 18.0 Å². The summed E-state index contributed by atoms with van der Waals surface area (Å²) in [5, 5.41) is 0. The molecule has 0 aromatic heterocycles. The van der Waals surface area contributed by atoms with Crippen LogP contribution < -0.4 is 10.5 Å². The maximum atomic E-state index is 12.8. The van der Waals surface area contributed by atoms with Crippen LogP contribution in [0.3, 0.4) is 0 Å². The van der Waals surface area contributed by atoms with Gasteiger partial charge in [-0.05, 0) is 44.1 Å². The molecule has 0 atom stereocenters. The van der Waals surface area contributed by atoms with Crippen LogP contribution in [0.5, 0.6) is 5.75 Å². The molecule has 2 N–H and O–H groups in total. The van der Waals surface area contributed by atoms with Gasteiger partial charge in [-0.1, -0.05) is 6.42 Å². The van der Waals surface area contributed by atoms with Crippen molar-refractivity contribution < 1.29 is 22.7 Å². The Kier molecular flexibility index (Phi) is 5.22. The molecule has 0 unspecified atom stereocenters. The van der Waals surface area contributed by atoms with Crippen molar-refractivity contribution in [2.24, 2.45) is 5.73 Å². The predicted molar refractivity (Wildman–Crippen MR) is 87.6 cm³/mol. The van der Waals surface area contributed by atoms with E-state index in [0.717, 1.165) is 25.9 Å². The third kappa shape index (κ3) is 4.66. The molecule has 2 fully saturated rings. The smallest absolute Gasteiger partial charge is 0.393 e. The molecule has 0 bridgehead atoms. The van der Waals surface area contributed by atoms with Crippen LogP contribution in [0.1, 0.15) is 48.0 Å². The maximum Gasteiger partial charge on any atom is 0.393 e. The van der Waals surface area contributed by atoms with E-state index in [-0.39, 0.29) is 23.0 Å². The first-order chi connectivity index (χ1) is 11.8. The minimum absolute atomic E-state index is 0.0368. The first kappa shape index (κ1) is 18.0. The van der Waals surface area contributed by atoms with E-state index < -0.39 is 18.5 Å². The summed E-state index contributed by atoms with van der Waals surface area (Å²) in [5.41, 5.74) is 5.19. The standard InChI is InChI=1S/C18H23F3N2O2/c19-18(20,21)11-13-8-12(17(22)24)4-5-16(13)25-15-9-14(10-15)23-6-2-1-3-7-23/h4-5,8,14-15H,1-3,6-7,9-11H2,(H2,22,24). The Morgan fingerprint density at radius 1 is 1.20 bits per heavy atom. The van der Waals surface area contributed by atoms with Crippen molar-refractivity contribution in [3.8, 4) is 5.75 Å². The molecular weight excluding hydrogens is 333 g/mol. The molecule has 1 aromatic carbocycles. The lowest BCUT2D eigenvalue weighted by atomic mass is 9.86. The molecule has 2 aliphatic rings. The Morgan fingerprint density at radius 2 is 1.88 bits per heavy atom. The quantitative estimate of drug-likeness (QED) is 0.881. The number of nitrogens with zero attached hydrogens (tertiary/aromatic N) is 1. The molecule has 1 saturated carbocycles. The van der Waals surface area contributed by atoms with E-state index in [1.54, 1.807) is 0 Å². The normalized spacial score (nSPS) is 24.6. The van der Waals surface area contributed by atoms with Crippen molar-refractivity contribution in [3.05, 3.63) is 29.3 Å². The van der Waals surface area contributed by atoms with Gasteiger partial charge in [0, 0.05) is 30.0 Å². The summed E-state index contributed by atoms with van der Waals surface area (Å²) in [7, 11) is 0. The van der Waals surface area contributed by atoms with Crippen molar-refractivity contribution in [2.75, 3.05) is 13.1 Å². The Morgan fingerprint density at radius 3 is 2.48 bits per heavy atom. The Bertz CT molecular complexity index is 621. The Labute approximate surface area is 145 Å². The number of likely N-dealkylation sites (tertiary alicyclic amines) is 1. The highest BCUT2D eigenvalue weighted by Crippen LogP contribution is 2.35. The van der Waals surface area contributed by atoms with Gasteiger partial charge in [0.05, 0.1) is 6.42 Å². The number of halogens is 3. The molecule has 138 valence electrons. The highest BCUT2D eigenvalue weighted by Gasteiger charge is 2.36. The number of hydrogen-bond acceptors (Lipinski definition) is 3. The van der Waals surface area contributed by atoms with E-state index in [1.807, 2.05) is 0 Å². The van der Waals surface area contributed by atoms with Crippen LogP contribution >= 0.6 is 0 Å². The summed E-state index contributed by atoms with van der Waals surface area (Å²) >= 11 is 0. The zero-order valence-corrected chi connectivity index (χ0v) is 14.0. The number of benzene rings is 1. The first-order valence-corrected chi connectivity index (χ1v) is 8.72. The lowest BCUT2D eigenvalue weighted by Crippen LogP contribution is -2.50. The van der Waals surface area contributed by atoms with Gasteiger partial charge in [-0.25, -0.2) is 0 Å². The average Bonchev–Trinajstić information content (AvgIpc) is 2.50. The van der Waals surface area contributed by atoms with Gasteiger partial charge < -0.3 is 15.4 Å². The second kappa shape index (κ2) is 7.23. The van der Waals surface area contributed by atoms with Crippen molar-refractivity contribution in [3.63, 3.8) is 0 Å². The zero-order chi connectivity index (χ0) is 18.0. The fourth-order valence-corrected chi connectivity index (χ4v) is 3.60. The SMILES string of the molecule is NC(=O)c1ccc(OC2CC(N3CCCCC3)C2)c(CC(F)(F)F)c1. The number of amides is 1. The summed E-state index contributed by atoms with van der Waals surface area (Å²) in [6.45, 7) is 2.20. The van der Waals surface area contributed by atoms with Crippen molar-refractivity contribution in [1.29, 1.82) is 0 Å². The molecule has 7 heteroatoms. The summed E-state index contributed by atoms with van der Waals surface area (Å²) in [5.74, 6) is -0.548. The Balaban J connectivity index is 1.64. The molecule has 1 heterocycles. The molecule has 1 aliphatic carbocycles. The number of ether oxygens (including phenoxy) is 1. The average molecular weight is 356 g/mol. The third-order valence-corrected chi connectivity index (χ3v) is 5.01. The van der Waals surface area contributed by atoms with Crippen LogP contribution in [0.2, 0.25) is 0 Å². The minimum Gasteiger partial charge on any atom is -0.490 e. The molecule has 1 aromatic rings. The van der Waals surface area contributed by atoms with Gasteiger partial charge in [-0.15, -0.1) is 0 Å². The topological polar surface area (TPSA) is 55.6 Å². The van der Waals surface area contributed by atoms with Gasteiger partial charge in [0.1, 0.15) is 11.9 Å². The van der Waals surface area contributed by atoms with Crippen LogP contribution in [-0.2, 0) is 6.42 Å². The van der Waals surface area contributed by atoms with E-state index in [2.05, 4.69) is 4.90 Å². The number of nitrogens with two attached hydrogens (primary N) is 1. The number of rotatable bonds is 5. The monoisotopic (exact) mass is 356 g/mol. The number of carbonyl (C=O) groups is 1. The number of carbonyl (C=O) groups excluding carboxylic acids is 1. The van der Waals surface area contributed by atoms with E-state index in [1.165, 1.54) is 37.5 Å². The van der Waals surface area contributed by atoms with Gasteiger partial charge in [-0.2, -0.15) is 13.2 Å². The molecule has 0 spiro atoms. The van der Waals surface area contributed by atoms with Crippen molar-refractivity contribution >= 4 is 5.91 Å². The summed E-state index contributed by atoms with van der Waals surface area (Å²) in [6, 6.07) is 4.50. The number of hydrogen-bond donors (Lipinski definition) is 1. The van der Waals surface area contributed by atoms with E-state index in [4.69, 9.17) is 10.5 Å². The van der Waals surface area contributed by atoms with Crippen molar-refractivity contribution in [1.82, 2.24) is 4.90 Å². The predicted octanol–water partition coefficient (Wildman–Crippen LogP) is 3.29. The van der Waals surface area contributed by atoms with Crippen LogP contribution in [-0.4, -0.2) is 42.2 Å². The molecule has 25 heavy (non-hydrogen) atoms. The van der Waals surface area contributed by atoms with Crippen LogP contribution in [0.15, 0.2) is 18.2 Å².